The lowest BCUT2D eigenvalue weighted by molar-refractivity contribution is -0.142. The topological polar surface area (TPSA) is 66.8 Å². The van der Waals surface area contributed by atoms with E-state index in [0.717, 1.165) is 29.3 Å². The van der Waals surface area contributed by atoms with Crippen LogP contribution in [0.3, 0.4) is 0 Å². The molecule has 0 saturated carbocycles. The van der Waals surface area contributed by atoms with Gasteiger partial charge in [-0.05, 0) is 25.8 Å². The third kappa shape index (κ3) is 3.22. The molecular formula is C14H16F3N5O. The van der Waals surface area contributed by atoms with E-state index in [1.807, 2.05) is 6.92 Å². The van der Waals surface area contributed by atoms with Crippen molar-refractivity contribution >= 4 is 5.91 Å². The summed E-state index contributed by atoms with van der Waals surface area (Å²) < 4.78 is 38.6. The van der Waals surface area contributed by atoms with Gasteiger partial charge in [0.25, 0.3) is 0 Å². The molecule has 1 fully saturated rings. The van der Waals surface area contributed by atoms with Crippen molar-refractivity contribution < 1.29 is 18.0 Å². The predicted molar refractivity (Wildman–Crippen MR) is 74.2 cm³/mol. The number of nitrogens with one attached hydrogen (secondary N) is 1. The molecule has 2 aromatic rings. The van der Waals surface area contributed by atoms with Gasteiger partial charge in [-0.3, -0.25) is 9.48 Å². The van der Waals surface area contributed by atoms with Gasteiger partial charge in [-0.1, -0.05) is 0 Å². The molecular weight excluding hydrogens is 311 g/mol. The highest BCUT2D eigenvalue weighted by atomic mass is 19.4. The SMILES string of the molecule is Cc1cnc(C2CCCN2C(=O)Cn2ccc(C(F)(F)F)n2)[nH]1. The highest BCUT2D eigenvalue weighted by molar-refractivity contribution is 5.76. The number of imidazole rings is 1. The van der Waals surface area contributed by atoms with Crippen LogP contribution in [0.4, 0.5) is 13.2 Å². The number of aromatic nitrogens is 4. The number of nitrogens with zero attached hydrogens (tertiary/aromatic N) is 4. The van der Waals surface area contributed by atoms with E-state index >= 15 is 0 Å². The Bertz CT molecular complexity index is 705. The smallest absolute Gasteiger partial charge is 0.344 e. The van der Waals surface area contributed by atoms with Gasteiger partial charge in [0.05, 0.1) is 6.04 Å². The zero-order chi connectivity index (χ0) is 16.6. The highest BCUT2D eigenvalue weighted by Crippen LogP contribution is 2.31. The number of H-pyrrole nitrogens is 1. The molecule has 0 aliphatic carbocycles. The van der Waals surface area contributed by atoms with Crippen LogP contribution >= 0.6 is 0 Å². The molecule has 0 bridgehead atoms. The number of carbonyl (C=O) groups excluding carboxylic acids is 1. The summed E-state index contributed by atoms with van der Waals surface area (Å²) >= 11 is 0. The lowest BCUT2D eigenvalue weighted by atomic mass is 10.2. The molecule has 124 valence electrons. The highest BCUT2D eigenvalue weighted by Gasteiger charge is 2.35. The van der Waals surface area contributed by atoms with Gasteiger partial charge in [0.15, 0.2) is 5.69 Å². The molecule has 2 aromatic heterocycles. The number of hydrogen-bond donors (Lipinski definition) is 1. The first-order valence-corrected chi connectivity index (χ1v) is 7.26. The number of aryl methyl sites for hydroxylation is 1. The van der Waals surface area contributed by atoms with Crippen LogP contribution in [0.15, 0.2) is 18.5 Å². The second kappa shape index (κ2) is 5.71. The molecule has 1 atom stereocenters. The Labute approximate surface area is 130 Å². The molecule has 1 unspecified atom stereocenters. The summed E-state index contributed by atoms with van der Waals surface area (Å²) in [5.74, 6) is 0.447. The first kappa shape index (κ1) is 15.6. The van der Waals surface area contributed by atoms with Crippen LogP contribution in [0.1, 0.15) is 36.1 Å². The van der Waals surface area contributed by atoms with E-state index in [0.29, 0.717) is 12.4 Å². The van der Waals surface area contributed by atoms with Crippen LogP contribution in [-0.2, 0) is 17.5 Å². The zero-order valence-electron chi connectivity index (χ0n) is 12.5. The van der Waals surface area contributed by atoms with Gasteiger partial charge in [0, 0.05) is 24.6 Å². The first-order chi connectivity index (χ1) is 10.8. The van der Waals surface area contributed by atoms with Gasteiger partial charge in [-0.15, -0.1) is 0 Å². The number of rotatable bonds is 3. The van der Waals surface area contributed by atoms with Gasteiger partial charge in [-0.25, -0.2) is 4.98 Å². The largest absolute Gasteiger partial charge is 0.435 e. The molecule has 6 nitrogen and oxygen atoms in total. The summed E-state index contributed by atoms with van der Waals surface area (Å²) in [7, 11) is 0. The molecule has 23 heavy (non-hydrogen) atoms. The first-order valence-electron chi connectivity index (χ1n) is 7.26. The lowest BCUT2D eigenvalue weighted by Crippen LogP contribution is -2.34. The summed E-state index contributed by atoms with van der Waals surface area (Å²) in [6, 6.07) is 0.707. The lowest BCUT2D eigenvalue weighted by Gasteiger charge is -2.23. The van der Waals surface area contributed by atoms with Crippen molar-refractivity contribution in [1.82, 2.24) is 24.6 Å². The van der Waals surface area contributed by atoms with Crippen molar-refractivity contribution in [2.24, 2.45) is 0 Å². The normalized spacial score (nSPS) is 18.6. The van der Waals surface area contributed by atoms with Crippen LogP contribution in [-0.4, -0.2) is 37.1 Å². The maximum absolute atomic E-state index is 12.5. The molecule has 9 heteroatoms. The Kier molecular flexibility index (Phi) is 3.87. The fraction of sp³-hybridized carbons (Fsp3) is 0.500. The molecule has 3 rings (SSSR count). The minimum atomic E-state index is -4.50. The van der Waals surface area contributed by atoms with Gasteiger partial charge >= 0.3 is 6.18 Å². The number of likely N-dealkylation sites (tertiary alicyclic amines) is 1. The van der Waals surface area contributed by atoms with E-state index < -0.39 is 11.9 Å². The zero-order valence-corrected chi connectivity index (χ0v) is 12.5. The van der Waals surface area contributed by atoms with Gasteiger partial charge in [0.1, 0.15) is 12.4 Å². The van der Waals surface area contributed by atoms with E-state index in [-0.39, 0.29) is 18.5 Å². The third-order valence-corrected chi connectivity index (χ3v) is 3.84. The summed E-state index contributed by atoms with van der Waals surface area (Å²) in [5.41, 5.74) is -0.0916. The van der Waals surface area contributed by atoms with Crippen LogP contribution in [0.2, 0.25) is 0 Å². The summed E-state index contributed by atoms with van der Waals surface area (Å²) in [4.78, 5) is 21.4. The maximum atomic E-state index is 12.5. The van der Waals surface area contributed by atoms with Crippen molar-refractivity contribution in [3.8, 4) is 0 Å². The molecule has 1 saturated heterocycles. The molecule has 1 aliphatic heterocycles. The van der Waals surface area contributed by atoms with E-state index in [1.54, 1.807) is 11.1 Å². The van der Waals surface area contributed by atoms with Gasteiger partial charge < -0.3 is 9.88 Å². The Morgan fingerprint density at radius 1 is 1.48 bits per heavy atom. The minimum absolute atomic E-state index is 0.158. The standard InChI is InChI=1S/C14H16F3N5O/c1-9-7-18-13(19-9)10-3-2-5-22(10)12(23)8-21-6-4-11(20-21)14(15,16)17/h4,6-7,10H,2-3,5,8H2,1H3,(H,18,19). The van der Waals surface area contributed by atoms with Crippen molar-refractivity contribution in [1.29, 1.82) is 0 Å². The quantitative estimate of drug-likeness (QED) is 0.940. The van der Waals surface area contributed by atoms with E-state index in [9.17, 15) is 18.0 Å². The Morgan fingerprint density at radius 2 is 2.26 bits per heavy atom. The number of amides is 1. The summed E-state index contributed by atoms with van der Waals surface area (Å²) in [5, 5.41) is 3.42. The fourth-order valence-corrected chi connectivity index (χ4v) is 2.78. The molecule has 1 aliphatic rings. The fourth-order valence-electron chi connectivity index (χ4n) is 2.78. The number of halogens is 3. The van der Waals surface area contributed by atoms with E-state index in [4.69, 9.17) is 0 Å². The Morgan fingerprint density at radius 3 is 2.87 bits per heavy atom. The van der Waals surface area contributed by atoms with Crippen LogP contribution in [0.5, 0.6) is 0 Å². The molecule has 0 aromatic carbocycles. The Balaban J connectivity index is 1.71. The van der Waals surface area contributed by atoms with Gasteiger partial charge in [0.2, 0.25) is 5.91 Å². The third-order valence-electron chi connectivity index (χ3n) is 3.84. The van der Waals surface area contributed by atoms with Crippen molar-refractivity contribution in [3.63, 3.8) is 0 Å². The average molecular weight is 327 g/mol. The number of alkyl halides is 3. The second-order valence-corrected chi connectivity index (χ2v) is 5.59. The number of aromatic amines is 1. The molecule has 0 radical (unpaired) electrons. The molecule has 1 amide bonds. The van der Waals surface area contributed by atoms with Crippen LogP contribution < -0.4 is 0 Å². The van der Waals surface area contributed by atoms with E-state index in [1.165, 1.54) is 6.20 Å². The van der Waals surface area contributed by atoms with Crippen LogP contribution in [0, 0.1) is 6.92 Å². The monoisotopic (exact) mass is 327 g/mol. The minimum Gasteiger partial charge on any atom is -0.344 e. The second-order valence-electron chi connectivity index (χ2n) is 5.59. The van der Waals surface area contributed by atoms with Gasteiger partial charge in [-0.2, -0.15) is 18.3 Å². The van der Waals surface area contributed by atoms with E-state index in [2.05, 4.69) is 15.1 Å². The van der Waals surface area contributed by atoms with Crippen molar-refractivity contribution in [3.05, 3.63) is 35.7 Å². The Hall–Kier alpha value is -2.32. The number of carbonyl (C=O) groups is 1. The van der Waals surface area contributed by atoms with Crippen molar-refractivity contribution in [2.75, 3.05) is 6.54 Å². The summed E-state index contributed by atoms with van der Waals surface area (Å²) in [6.07, 6.45) is -0.0207. The maximum Gasteiger partial charge on any atom is 0.435 e. The average Bonchev–Trinajstić information content (AvgIpc) is 3.15. The number of hydrogen-bond acceptors (Lipinski definition) is 3. The molecule has 1 N–H and O–H groups in total. The molecule has 3 heterocycles. The van der Waals surface area contributed by atoms with Crippen molar-refractivity contribution in [2.45, 2.75) is 38.5 Å². The predicted octanol–water partition coefficient (Wildman–Crippen LogP) is 2.30. The van der Waals surface area contributed by atoms with Crippen LogP contribution in [0.25, 0.3) is 0 Å². The summed E-state index contributed by atoms with van der Waals surface area (Å²) in [6.45, 7) is 2.23. The molecule has 0 spiro atoms.